The van der Waals surface area contributed by atoms with E-state index in [0.717, 1.165) is 0 Å². The number of carbonyl (C=O) groups is 2. The number of nitrogens with one attached hydrogen (secondary N) is 1. The van der Waals surface area contributed by atoms with Gasteiger partial charge in [0.25, 0.3) is 5.91 Å². The highest BCUT2D eigenvalue weighted by Crippen LogP contribution is 2.12. The quantitative estimate of drug-likeness (QED) is 0.709. The van der Waals surface area contributed by atoms with Crippen molar-refractivity contribution < 1.29 is 14.0 Å². The molecule has 5 nitrogen and oxygen atoms in total. The van der Waals surface area contributed by atoms with Crippen molar-refractivity contribution >= 4 is 11.8 Å². The number of halogens is 1. The summed E-state index contributed by atoms with van der Waals surface area (Å²) in [7, 11) is 0. The molecule has 0 radical (unpaired) electrons. The highest BCUT2D eigenvalue weighted by Gasteiger charge is 2.31. The zero-order valence-corrected chi connectivity index (χ0v) is 9.31. The van der Waals surface area contributed by atoms with Gasteiger partial charge in [0.1, 0.15) is 6.04 Å². The third-order valence-electron chi connectivity index (χ3n) is 2.75. The van der Waals surface area contributed by atoms with Gasteiger partial charge in [-0.05, 0) is 19.1 Å². The maximum atomic E-state index is 13.4. The van der Waals surface area contributed by atoms with Crippen LogP contribution in [-0.2, 0) is 4.79 Å². The lowest BCUT2D eigenvalue weighted by atomic mass is 10.1. The van der Waals surface area contributed by atoms with Crippen LogP contribution in [0.5, 0.6) is 0 Å². The molecule has 2 heterocycles. The number of hydrogen-bond donors (Lipinski definition) is 1. The van der Waals surface area contributed by atoms with Crippen LogP contribution in [0.25, 0.3) is 0 Å². The Balaban J connectivity index is 2.26. The third kappa shape index (κ3) is 2.11. The molecule has 1 N–H and O–H groups in total. The highest BCUT2D eigenvalue weighted by atomic mass is 19.1. The molecule has 90 valence electrons. The lowest BCUT2D eigenvalue weighted by Crippen LogP contribution is -2.56. The molecule has 1 saturated heterocycles. The number of pyridine rings is 1. The largest absolute Gasteiger partial charge is 0.353 e. The Morgan fingerprint density at radius 1 is 1.65 bits per heavy atom. The van der Waals surface area contributed by atoms with Crippen molar-refractivity contribution in [2.24, 2.45) is 0 Å². The van der Waals surface area contributed by atoms with Crippen molar-refractivity contribution in [3.63, 3.8) is 0 Å². The molecule has 1 atom stereocenters. The van der Waals surface area contributed by atoms with Gasteiger partial charge in [0.2, 0.25) is 11.9 Å². The van der Waals surface area contributed by atoms with Gasteiger partial charge in [-0.25, -0.2) is 4.98 Å². The average Bonchev–Trinajstić information content (AvgIpc) is 2.32. The van der Waals surface area contributed by atoms with E-state index in [0.29, 0.717) is 13.1 Å². The topological polar surface area (TPSA) is 62.3 Å². The zero-order chi connectivity index (χ0) is 12.4. The van der Waals surface area contributed by atoms with Crippen LogP contribution in [0.15, 0.2) is 18.3 Å². The van der Waals surface area contributed by atoms with Crippen molar-refractivity contribution in [1.82, 2.24) is 15.2 Å². The van der Waals surface area contributed by atoms with Crippen LogP contribution in [0.4, 0.5) is 4.39 Å². The SMILES string of the molecule is CC1C(=O)NCCN1C(=O)c1cccnc1F. The Kier molecular flexibility index (Phi) is 3.03. The lowest BCUT2D eigenvalue weighted by Gasteiger charge is -2.32. The monoisotopic (exact) mass is 237 g/mol. The summed E-state index contributed by atoms with van der Waals surface area (Å²) in [5.41, 5.74) is -0.103. The summed E-state index contributed by atoms with van der Waals surface area (Å²) in [5.74, 6) is -1.54. The number of hydrogen-bond acceptors (Lipinski definition) is 3. The summed E-state index contributed by atoms with van der Waals surface area (Å²) in [6.45, 7) is 2.37. The number of aromatic nitrogens is 1. The summed E-state index contributed by atoms with van der Waals surface area (Å²) in [4.78, 5) is 28.2. The molecule has 0 aliphatic carbocycles. The van der Waals surface area contributed by atoms with E-state index in [9.17, 15) is 14.0 Å². The molecule has 2 amide bonds. The minimum absolute atomic E-state index is 0.103. The van der Waals surface area contributed by atoms with Crippen LogP contribution in [0.3, 0.4) is 0 Å². The van der Waals surface area contributed by atoms with Gasteiger partial charge in [0.05, 0.1) is 5.56 Å². The summed E-state index contributed by atoms with van der Waals surface area (Å²) in [6, 6.07) is 2.27. The first kappa shape index (κ1) is 11.5. The van der Waals surface area contributed by atoms with Gasteiger partial charge < -0.3 is 10.2 Å². The molecule has 1 unspecified atom stereocenters. The Bertz CT molecular complexity index is 464. The van der Waals surface area contributed by atoms with Crippen molar-refractivity contribution in [2.45, 2.75) is 13.0 Å². The normalized spacial score (nSPS) is 20.0. The molecule has 0 bridgehead atoms. The van der Waals surface area contributed by atoms with Gasteiger partial charge in [-0.1, -0.05) is 0 Å². The van der Waals surface area contributed by atoms with Crippen molar-refractivity contribution in [3.8, 4) is 0 Å². The minimum atomic E-state index is -0.810. The van der Waals surface area contributed by atoms with Gasteiger partial charge in [-0.2, -0.15) is 4.39 Å². The number of piperazine rings is 1. The molecular formula is C11H12FN3O2. The second kappa shape index (κ2) is 4.48. The molecule has 1 aliphatic heterocycles. The van der Waals surface area contributed by atoms with E-state index in [2.05, 4.69) is 10.3 Å². The van der Waals surface area contributed by atoms with Crippen LogP contribution in [0.1, 0.15) is 17.3 Å². The minimum Gasteiger partial charge on any atom is -0.353 e. The third-order valence-corrected chi connectivity index (χ3v) is 2.75. The van der Waals surface area contributed by atoms with E-state index in [1.165, 1.54) is 23.2 Å². The first-order valence-corrected chi connectivity index (χ1v) is 5.30. The van der Waals surface area contributed by atoms with E-state index in [1.807, 2.05) is 0 Å². The number of nitrogens with zero attached hydrogens (tertiary/aromatic N) is 2. The summed E-state index contributed by atoms with van der Waals surface area (Å²) in [6.07, 6.45) is 1.28. The Morgan fingerprint density at radius 3 is 3.12 bits per heavy atom. The molecule has 6 heteroatoms. The molecule has 2 rings (SSSR count). The van der Waals surface area contributed by atoms with Crippen LogP contribution >= 0.6 is 0 Å². The fourth-order valence-electron chi connectivity index (χ4n) is 1.76. The van der Waals surface area contributed by atoms with E-state index >= 15 is 0 Å². The van der Waals surface area contributed by atoms with Crippen LogP contribution in [0.2, 0.25) is 0 Å². The van der Waals surface area contributed by atoms with E-state index in [-0.39, 0.29) is 11.5 Å². The molecule has 0 spiro atoms. The van der Waals surface area contributed by atoms with Gasteiger partial charge in [0, 0.05) is 19.3 Å². The van der Waals surface area contributed by atoms with E-state index < -0.39 is 17.9 Å². The highest BCUT2D eigenvalue weighted by molar-refractivity contribution is 5.98. The molecule has 17 heavy (non-hydrogen) atoms. The van der Waals surface area contributed by atoms with Crippen LogP contribution in [0, 0.1) is 5.95 Å². The Hall–Kier alpha value is -1.98. The van der Waals surface area contributed by atoms with E-state index in [4.69, 9.17) is 0 Å². The maximum absolute atomic E-state index is 13.4. The number of rotatable bonds is 1. The van der Waals surface area contributed by atoms with Crippen LogP contribution in [-0.4, -0.2) is 40.8 Å². The first-order chi connectivity index (χ1) is 8.11. The predicted molar refractivity (Wildman–Crippen MR) is 57.7 cm³/mol. The number of amides is 2. The lowest BCUT2D eigenvalue weighted by molar-refractivity contribution is -0.127. The fourth-order valence-corrected chi connectivity index (χ4v) is 1.76. The Morgan fingerprint density at radius 2 is 2.41 bits per heavy atom. The first-order valence-electron chi connectivity index (χ1n) is 5.30. The molecular weight excluding hydrogens is 225 g/mol. The summed E-state index contributed by atoms with van der Waals surface area (Å²) < 4.78 is 13.4. The predicted octanol–water partition coefficient (Wildman–Crippen LogP) is 0.181. The van der Waals surface area contributed by atoms with Crippen LogP contribution < -0.4 is 5.32 Å². The second-order valence-corrected chi connectivity index (χ2v) is 3.81. The summed E-state index contributed by atoms with van der Waals surface area (Å²) >= 11 is 0. The van der Waals surface area contributed by atoms with Gasteiger partial charge in [0.15, 0.2) is 0 Å². The van der Waals surface area contributed by atoms with Crippen molar-refractivity contribution in [3.05, 3.63) is 29.8 Å². The molecule has 0 aromatic carbocycles. The fraction of sp³-hybridized carbons (Fsp3) is 0.364. The second-order valence-electron chi connectivity index (χ2n) is 3.81. The molecule has 1 aromatic rings. The molecule has 1 aliphatic rings. The number of carbonyl (C=O) groups excluding carboxylic acids is 2. The molecule has 0 saturated carbocycles. The summed E-state index contributed by atoms with van der Waals surface area (Å²) in [5, 5.41) is 2.64. The molecule has 1 aromatic heterocycles. The van der Waals surface area contributed by atoms with Crippen molar-refractivity contribution in [2.75, 3.05) is 13.1 Å². The zero-order valence-electron chi connectivity index (χ0n) is 9.31. The Labute approximate surface area is 97.6 Å². The maximum Gasteiger partial charge on any atom is 0.259 e. The van der Waals surface area contributed by atoms with Crippen molar-refractivity contribution in [1.29, 1.82) is 0 Å². The van der Waals surface area contributed by atoms with Gasteiger partial charge in [-0.15, -0.1) is 0 Å². The van der Waals surface area contributed by atoms with E-state index in [1.54, 1.807) is 6.92 Å². The standard InChI is InChI=1S/C11H12FN3O2/c1-7-10(16)14-5-6-15(7)11(17)8-3-2-4-13-9(8)12/h2-4,7H,5-6H2,1H3,(H,14,16). The molecule has 1 fully saturated rings. The van der Waals surface area contributed by atoms with Gasteiger partial charge >= 0.3 is 0 Å². The van der Waals surface area contributed by atoms with Gasteiger partial charge in [-0.3, -0.25) is 9.59 Å². The average molecular weight is 237 g/mol. The smallest absolute Gasteiger partial charge is 0.259 e.